The first kappa shape index (κ1) is 10.9. The predicted molar refractivity (Wildman–Crippen MR) is 39.4 cm³/mol. The first-order valence-corrected chi connectivity index (χ1v) is 3.33. The van der Waals surface area contributed by atoms with E-state index >= 15 is 0 Å². The molecule has 0 aliphatic carbocycles. The minimum atomic E-state index is -0.873. The maximum Gasteiger partial charge on any atom is 0.335 e. The van der Waals surface area contributed by atoms with Gasteiger partial charge in [0.25, 0.3) is 0 Å². The van der Waals surface area contributed by atoms with Gasteiger partial charge in [0, 0.05) is 7.11 Å². The number of ether oxygens (including phenoxy) is 3. The zero-order chi connectivity index (χ0) is 9.56. The van der Waals surface area contributed by atoms with E-state index in [1.165, 1.54) is 21.3 Å². The third-order valence-corrected chi connectivity index (χ3v) is 1.33. The van der Waals surface area contributed by atoms with E-state index in [-0.39, 0.29) is 6.42 Å². The molecule has 0 aromatic carbocycles. The summed E-state index contributed by atoms with van der Waals surface area (Å²) in [4.78, 5) is 21.5. The molecule has 5 nitrogen and oxygen atoms in total. The Labute approximate surface area is 70.6 Å². The van der Waals surface area contributed by atoms with Crippen LogP contribution in [0.25, 0.3) is 0 Å². The summed E-state index contributed by atoms with van der Waals surface area (Å²) in [6, 6.07) is 0. The zero-order valence-electron chi connectivity index (χ0n) is 7.33. The Balaban J connectivity index is 3.99. The first-order valence-electron chi connectivity index (χ1n) is 3.33. The van der Waals surface area contributed by atoms with Crippen molar-refractivity contribution in [2.75, 3.05) is 21.3 Å². The largest absolute Gasteiger partial charge is 0.469 e. The van der Waals surface area contributed by atoms with Gasteiger partial charge in [0.15, 0.2) is 6.10 Å². The minimum Gasteiger partial charge on any atom is -0.469 e. The fourth-order valence-corrected chi connectivity index (χ4v) is 0.629. The maximum atomic E-state index is 10.8. The van der Waals surface area contributed by atoms with E-state index in [1.54, 1.807) is 0 Å². The molecule has 0 aromatic rings. The molecule has 0 bridgehead atoms. The van der Waals surface area contributed by atoms with Crippen LogP contribution in [0.3, 0.4) is 0 Å². The Morgan fingerprint density at radius 1 is 1.17 bits per heavy atom. The highest BCUT2D eigenvalue weighted by atomic mass is 16.6. The van der Waals surface area contributed by atoms with Gasteiger partial charge < -0.3 is 14.2 Å². The number of carbonyl (C=O) groups is 2. The topological polar surface area (TPSA) is 61.8 Å². The van der Waals surface area contributed by atoms with Gasteiger partial charge in [0.1, 0.15) is 0 Å². The summed E-state index contributed by atoms with van der Waals surface area (Å²) in [6.45, 7) is 0. The van der Waals surface area contributed by atoms with Gasteiger partial charge in [-0.05, 0) is 0 Å². The van der Waals surface area contributed by atoms with Crippen molar-refractivity contribution in [3.8, 4) is 0 Å². The molecule has 5 heteroatoms. The maximum absolute atomic E-state index is 10.8. The van der Waals surface area contributed by atoms with Crippen molar-refractivity contribution in [3.63, 3.8) is 0 Å². The molecule has 0 saturated carbocycles. The van der Waals surface area contributed by atoms with Crippen LogP contribution < -0.4 is 0 Å². The molecule has 0 aliphatic rings. The molecule has 0 aliphatic heterocycles. The van der Waals surface area contributed by atoms with Crippen molar-refractivity contribution in [2.24, 2.45) is 0 Å². The lowest BCUT2D eigenvalue weighted by molar-refractivity contribution is -0.158. The summed E-state index contributed by atoms with van der Waals surface area (Å²) in [7, 11) is 3.79. The Bertz CT molecular complexity index is 165. The molecule has 0 fully saturated rings. The van der Waals surface area contributed by atoms with Gasteiger partial charge in [-0.2, -0.15) is 0 Å². The van der Waals surface area contributed by atoms with Crippen molar-refractivity contribution in [1.82, 2.24) is 0 Å². The van der Waals surface area contributed by atoms with Gasteiger partial charge in [0.05, 0.1) is 20.6 Å². The van der Waals surface area contributed by atoms with Crippen LogP contribution in [0, 0.1) is 0 Å². The summed E-state index contributed by atoms with van der Waals surface area (Å²) in [5.41, 5.74) is 0. The van der Waals surface area contributed by atoms with Gasteiger partial charge in [0.2, 0.25) is 0 Å². The Morgan fingerprint density at radius 3 is 2.08 bits per heavy atom. The SMILES string of the molecule is COC(=O)CC(OC)C(=O)OC. The van der Waals surface area contributed by atoms with Crippen LogP contribution in [-0.2, 0) is 23.8 Å². The Hall–Kier alpha value is -1.10. The molecule has 0 rings (SSSR count). The van der Waals surface area contributed by atoms with Crippen LogP contribution in [0.1, 0.15) is 6.42 Å². The number of hydrogen-bond acceptors (Lipinski definition) is 5. The molecule has 12 heavy (non-hydrogen) atoms. The lowest BCUT2D eigenvalue weighted by Gasteiger charge is -2.10. The number of esters is 2. The molecular formula is C7H12O5. The fraction of sp³-hybridized carbons (Fsp3) is 0.714. The number of methoxy groups -OCH3 is 3. The van der Waals surface area contributed by atoms with Crippen LogP contribution in [0.2, 0.25) is 0 Å². The zero-order valence-corrected chi connectivity index (χ0v) is 7.33. The van der Waals surface area contributed by atoms with Gasteiger partial charge in [-0.25, -0.2) is 4.79 Å². The van der Waals surface area contributed by atoms with E-state index in [9.17, 15) is 9.59 Å². The normalized spacial score (nSPS) is 11.9. The first-order chi connectivity index (χ1) is 5.65. The second-order valence-electron chi connectivity index (χ2n) is 2.03. The molecule has 0 N–H and O–H groups in total. The number of rotatable bonds is 4. The van der Waals surface area contributed by atoms with Gasteiger partial charge in [-0.1, -0.05) is 0 Å². The van der Waals surface area contributed by atoms with Crippen LogP contribution >= 0.6 is 0 Å². The third kappa shape index (κ3) is 3.34. The van der Waals surface area contributed by atoms with Gasteiger partial charge >= 0.3 is 11.9 Å². The molecule has 0 aromatic heterocycles. The van der Waals surface area contributed by atoms with E-state index in [1.807, 2.05) is 0 Å². The second kappa shape index (κ2) is 5.54. The highest BCUT2D eigenvalue weighted by Crippen LogP contribution is 2.00. The van der Waals surface area contributed by atoms with E-state index in [0.717, 1.165) is 0 Å². The Morgan fingerprint density at radius 2 is 1.75 bits per heavy atom. The van der Waals surface area contributed by atoms with Gasteiger partial charge in [-0.15, -0.1) is 0 Å². The Kier molecular flexibility index (Phi) is 5.03. The monoisotopic (exact) mass is 176 g/mol. The molecule has 1 unspecified atom stereocenters. The third-order valence-electron chi connectivity index (χ3n) is 1.33. The summed E-state index contributed by atoms with van der Waals surface area (Å²) < 4.78 is 13.4. The van der Waals surface area contributed by atoms with Crippen molar-refractivity contribution in [2.45, 2.75) is 12.5 Å². The van der Waals surface area contributed by atoms with E-state index in [0.29, 0.717) is 0 Å². The lowest BCUT2D eigenvalue weighted by atomic mass is 10.2. The summed E-state index contributed by atoms with van der Waals surface area (Å²) >= 11 is 0. The highest BCUT2D eigenvalue weighted by molar-refractivity contribution is 5.81. The summed E-state index contributed by atoms with van der Waals surface area (Å²) in [5, 5.41) is 0. The minimum absolute atomic E-state index is 0.125. The second-order valence-corrected chi connectivity index (χ2v) is 2.03. The average Bonchev–Trinajstić information content (AvgIpc) is 2.12. The van der Waals surface area contributed by atoms with Crippen LogP contribution in [0.4, 0.5) is 0 Å². The average molecular weight is 176 g/mol. The molecular weight excluding hydrogens is 164 g/mol. The molecule has 0 amide bonds. The molecule has 1 atom stereocenters. The number of hydrogen-bond donors (Lipinski definition) is 0. The van der Waals surface area contributed by atoms with Crippen molar-refractivity contribution in [1.29, 1.82) is 0 Å². The van der Waals surface area contributed by atoms with Crippen LogP contribution in [-0.4, -0.2) is 39.4 Å². The van der Waals surface area contributed by atoms with Gasteiger partial charge in [-0.3, -0.25) is 4.79 Å². The summed E-state index contributed by atoms with van der Waals surface area (Å²) in [6.07, 6.45) is -0.998. The van der Waals surface area contributed by atoms with E-state index < -0.39 is 18.0 Å². The van der Waals surface area contributed by atoms with Crippen molar-refractivity contribution < 1.29 is 23.8 Å². The highest BCUT2D eigenvalue weighted by Gasteiger charge is 2.22. The number of carbonyl (C=O) groups excluding carboxylic acids is 2. The van der Waals surface area contributed by atoms with Crippen LogP contribution in [0.5, 0.6) is 0 Å². The summed E-state index contributed by atoms with van der Waals surface area (Å²) in [5.74, 6) is -1.09. The smallest absolute Gasteiger partial charge is 0.335 e. The van der Waals surface area contributed by atoms with E-state index in [2.05, 4.69) is 9.47 Å². The quantitative estimate of drug-likeness (QED) is 0.552. The van der Waals surface area contributed by atoms with Crippen LogP contribution in [0.15, 0.2) is 0 Å². The van der Waals surface area contributed by atoms with Crippen molar-refractivity contribution >= 4 is 11.9 Å². The molecule has 70 valence electrons. The lowest BCUT2D eigenvalue weighted by Crippen LogP contribution is -2.27. The molecule has 0 heterocycles. The standard InChI is InChI=1S/C7H12O5/c1-10-5(7(9)12-3)4-6(8)11-2/h5H,4H2,1-3H3. The fourth-order valence-electron chi connectivity index (χ4n) is 0.629. The van der Waals surface area contributed by atoms with E-state index in [4.69, 9.17) is 4.74 Å². The van der Waals surface area contributed by atoms with Crippen molar-refractivity contribution in [3.05, 3.63) is 0 Å². The molecule has 0 saturated heterocycles. The predicted octanol–water partition coefficient (Wildman–Crippen LogP) is -0.263. The molecule has 0 spiro atoms. The molecule has 0 radical (unpaired) electrons.